The number of nitrogens with two attached hydrogens (primary N) is 1. The minimum absolute atomic E-state index is 0.0193. The number of hydrogen-bond acceptors (Lipinski definition) is 3. The van der Waals surface area contributed by atoms with E-state index in [-0.39, 0.29) is 5.91 Å². The van der Waals surface area contributed by atoms with Crippen molar-refractivity contribution in [2.45, 2.75) is 32.7 Å². The lowest BCUT2D eigenvalue weighted by Gasteiger charge is -2.23. The van der Waals surface area contributed by atoms with Gasteiger partial charge >= 0.3 is 0 Å². The van der Waals surface area contributed by atoms with E-state index in [9.17, 15) is 4.79 Å². The first-order chi connectivity index (χ1) is 9.08. The van der Waals surface area contributed by atoms with Gasteiger partial charge in [0.15, 0.2) is 0 Å². The summed E-state index contributed by atoms with van der Waals surface area (Å²) >= 11 is 0. The number of nitrogens with zero attached hydrogens (tertiary/aromatic N) is 1. The number of nitrogen functional groups attached to an aromatic ring is 1. The third-order valence-corrected chi connectivity index (χ3v) is 3.85. The molecule has 1 aromatic rings. The Balaban J connectivity index is 1.88. The predicted molar refractivity (Wildman–Crippen MR) is 78.2 cm³/mol. The Morgan fingerprint density at radius 1 is 1.42 bits per heavy atom. The van der Waals surface area contributed by atoms with Gasteiger partial charge in [0.25, 0.3) is 5.91 Å². The van der Waals surface area contributed by atoms with Crippen LogP contribution in [0.4, 0.5) is 5.69 Å². The molecule has 0 aromatic heterocycles. The van der Waals surface area contributed by atoms with Gasteiger partial charge in [-0.15, -0.1) is 0 Å². The van der Waals surface area contributed by atoms with E-state index < -0.39 is 0 Å². The standard InChI is InChI=1S/C15H23N3O/c1-11-9-13(5-6-14(11)16)15(19)17-10-12(2)18-7-3-4-8-18/h5-6,9,12H,3-4,7-8,10,16H2,1-2H3,(H,17,19). The van der Waals surface area contributed by atoms with E-state index in [1.54, 1.807) is 12.1 Å². The van der Waals surface area contributed by atoms with Crippen molar-refractivity contribution in [3.05, 3.63) is 29.3 Å². The Morgan fingerprint density at radius 3 is 2.74 bits per heavy atom. The Kier molecular flexibility index (Phi) is 4.43. The zero-order chi connectivity index (χ0) is 13.8. The highest BCUT2D eigenvalue weighted by molar-refractivity contribution is 5.94. The predicted octanol–water partition coefficient (Wildman–Crippen LogP) is 1.79. The number of hydrogen-bond donors (Lipinski definition) is 2. The van der Waals surface area contributed by atoms with Crippen LogP contribution in [0.25, 0.3) is 0 Å². The van der Waals surface area contributed by atoms with Crippen LogP contribution >= 0.6 is 0 Å². The summed E-state index contributed by atoms with van der Waals surface area (Å²) < 4.78 is 0. The lowest BCUT2D eigenvalue weighted by Crippen LogP contribution is -2.40. The van der Waals surface area contributed by atoms with Gasteiger partial charge in [-0.2, -0.15) is 0 Å². The lowest BCUT2D eigenvalue weighted by molar-refractivity contribution is 0.0940. The first-order valence-corrected chi connectivity index (χ1v) is 6.96. The van der Waals surface area contributed by atoms with Gasteiger partial charge in [0.2, 0.25) is 0 Å². The molecule has 4 nitrogen and oxygen atoms in total. The summed E-state index contributed by atoms with van der Waals surface area (Å²) in [7, 11) is 0. The summed E-state index contributed by atoms with van der Waals surface area (Å²) in [5.41, 5.74) is 8.10. The van der Waals surface area contributed by atoms with E-state index in [0.29, 0.717) is 18.2 Å². The quantitative estimate of drug-likeness (QED) is 0.812. The second-order valence-electron chi connectivity index (χ2n) is 5.37. The van der Waals surface area contributed by atoms with Crippen LogP contribution in [-0.2, 0) is 0 Å². The minimum atomic E-state index is -0.0193. The maximum atomic E-state index is 12.1. The van der Waals surface area contributed by atoms with Gasteiger partial charge in [-0.3, -0.25) is 9.69 Å². The van der Waals surface area contributed by atoms with Crippen LogP contribution < -0.4 is 11.1 Å². The Hall–Kier alpha value is -1.55. The summed E-state index contributed by atoms with van der Waals surface area (Å²) in [4.78, 5) is 14.5. The molecule has 3 N–H and O–H groups in total. The molecule has 1 aromatic carbocycles. The molecule has 1 aliphatic rings. The summed E-state index contributed by atoms with van der Waals surface area (Å²) in [5.74, 6) is -0.0193. The van der Waals surface area contributed by atoms with Crippen molar-refractivity contribution >= 4 is 11.6 Å². The van der Waals surface area contributed by atoms with Gasteiger partial charge in [-0.1, -0.05) is 0 Å². The van der Waals surface area contributed by atoms with Crippen molar-refractivity contribution in [3.63, 3.8) is 0 Å². The molecular weight excluding hydrogens is 238 g/mol. The Morgan fingerprint density at radius 2 is 2.11 bits per heavy atom. The second kappa shape index (κ2) is 6.06. The number of rotatable bonds is 4. The average Bonchev–Trinajstić information content (AvgIpc) is 2.92. The normalized spacial score (nSPS) is 17.4. The molecule has 4 heteroatoms. The fourth-order valence-electron chi connectivity index (χ4n) is 2.47. The van der Waals surface area contributed by atoms with Crippen LogP contribution in [0, 0.1) is 6.92 Å². The molecular formula is C15H23N3O. The van der Waals surface area contributed by atoms with E-state index in [4.69, 9.17) is 5.73 Å². The average molecular weight is 261 g/mol. The van der Waals surface area contributed by atoms with Crippen LogP contribution in [-0.4, -0.2) is 36.5 Å². The molecule has 0 spiro atoms. The number of carbonyl (C=O) groups excluding carboxylic acids is 1. The van der Waals surface area contributed by atoms with Gasteiger partial charge in [-0.05, 0) is 63.5 Å². The van der Waals surface area contributed by atoms with E-state index in [1.165, 1.54) is 12.8 Å². The summed E-state index contributed by atoms with van der Waals surface area (Å²) in [6.07, 6.45) is 2.55. The van der Waals surface area contributed by atoms with Crippen LogP contribution in [0.1, 0.15) is 35.7 Å². The molecule has 1 fully saturated rings. The summed E-state index contributed by atoms with van der Waals surface area (Å²) in [6.45, 7) is 7.08. The van der Waals surface area contributed by atoms with Gasteiger partial charge in [-0.25, -0.2) is 0 Å². The molecule has 1 atom stereocenters. The SMILES string of the molecule is Cc1cc(C(=O)NCC(C)N2CCCC2)ccc1N. The molecule has 1 saturated heterocycles. The highest BCUT2D eigenvalue weighted by atomic mass is 16.1. The van der Waals surface area contributed by atoms with Crippen molar-refractivity contribution in [2.75, 3.05) is 25.4 Å². The lowest BCUT2D eigenvalue weighted by atomic mass is 10.1. The zero-order valence-electron chi connectivity index (χ0n) is 11.8. The van der Waals surface area contributed by atoms with Crippen LogP contribution in [0.3, 0.4) is 0 Å². The van der Waals surface area contributed by atoms with Gasteiger partial charge in [0.1, 0.15) is 0 Å². The van der Waals surface area contributed by atoms with Crippen molar-refractivity contribution in [1.29, 1.82) is 0 Å². The molecule has 1 heterocycles. The number of amides is 1. The van der Waals surface area contributed by atoms with E-state index in [0.717, 1.165) is 24.3 Å². The van der Waals surface area contributed by atoms with E-state index >= 15 is 0 Å². The molecule has 1 amide bonds. The van der Waals surface area contributed by atoms with Gasteiger partial charge in [0.05, 0.1) is 0 Å². The molecule has 19 heavy (non-hydrogen) atoms. The second-order valence-corrected chi connectivity index (χ2v) is 5.37. The third kappa shape index (κ3) is 3.47. The molecule has 2 rings (SSSR count). The Labute approximate surface area is 115 Å². The number of aryl methyl sites for hydroxylation is 1. The van der Waals surface area contributed by atoms with Crippen molar-refractivity contribution in [1.82, 2.24) is 10.2 Å². The largest absolute Gasteiger partial charge is 0.399 e. The number of benzene rings is 1. The molecule has 0 radical (unpaired) electrons. The topological polar surface area (TPSA) is 58.4 Å². The monoisotopic (exact) mass is 261 g/mol. The van der Waals surface area contributed by atoms with Crippen LogP contribution in [0.15, 0.2) is 18.2 Å². The Bertz CT molecular complexity index is 453. The zero-order valence-corrected chi connectivity index (χ0v) is 11.8. The molecule has 1 unspecified atom stereocenters. The van der Waals surface area contributed by atoms with Crippen molar-refractivity contribution in [3.8, 4) is 0 Å². The molecule has 0 saturated carbocycles. The number of carbonyl (C=O) groups is 1. The molecule has 104 valence electrons. The van der Waals surface area contributed by atoms with E-state index in [1.807, 2.05) is 13.0 Å². The van der Waals surface area contributed by atoms with Crippen LogP contribution in [0.5, 0.6) is 0 Å². The highest BCUT2D eigenvalue weighted by Gasteiger charge is 2.18. The molecule has 0 aliphatic carbocycles. The van der Waals surface area contributed by atoms with Gasteiger partial charge in [0, 0.05) is 23.8 Å². The highest BCUT2D eigenvalue weighted by Crippen LogP contribution is 2.13. The number of likely N-dealkylation sites (tertiary alicyclic amines) is 1. The molecule has 1 aliphatic heterocycles. The third-order valence-electron chi connectivity index (χ3n) is 3.85. The van der Waals surface area contributed by atoms with Crippen molar-refractivity contribution in [2.24, 2.45) is 0 Å². The first kappa shape index (κ1) is 13.9. The molecule has 0 bridgehead atoms. The van der Waals surface area contributed by atoms with Crippen LogP contribution in [0.2, 0.25) is 0 Å². The smallest absolute Gasteiger partial charge is 0.251 e. The van der Waals surface area contributed by atoms with Crippen molar-refractivity contribution < 1.29 is 4.79 Å². The first-order valence-electron chi connectivity index (χ1n) is 6.96. The number of nitrogens with one attached hydrogen (secondary N) is 1. The minimum Gasteiger partial charge on any atom is -0.399 e. The summed E-state index contributed by atoms with van der Waals surface area (Å²) in [5, 5.41) is 3.00. The maximum Gasteiger partial charge on any atom is 0.251 e. The number of anilines is 1. The van der Waals surface area contributed by atoms with E-state index in [2.05, 4.69) is 17.1 Å². The van der Waals surface area contributed by atoms with Gasteiger partial charge < -0.3 is 11.1 Å². The fraction of sp³-hybridized carbons (Fsp3) is 0.533. The summed E-state index contributed by atoms with van der Waals surface area (Å²) in [6, 6.07) is 5.80. The maximum absolute atomic E-state index is 12.1. The fourth-order valence-corrected chi connectivity index (χ4v) is 2.47.